The number of hydrogen-bond donors (Lipinski definition) is 3. The molecule has 1 amide bonds. The Morgan fingerprint density at radius 2 is 1.79 bits per heavy atom. The topological polar surface area (TPSA) is 95.5 Å². The highest BCUT2D eigenvalue weighted by Crippen LogP contribution is 2.34. The van der Waals surface area contributed by atoms with Gasteiger partial charge in [0.15, 0.2) is 0 Å². The number of halogens is 3. The summed E-state index contributed by atoms with van der Waals surface area (Å²) < 4.78 is 65.0. The first kappa shape index (κ1) is 21.7. The van der Waals surface area contributed by atoms with Crippen LogP contribution in [-0.4, -0.2) is 26.0 Å². The predicted octanol–water partition coefficient (Wildman–Crippen LogP) is 3.33. The molecule has 0 heterocycles. The van der Waals surface area contributed by atoms with E-state index >= 15 is 0 Å². The molecule has 3 N–H and O–H groups in total. The number of sulfonamides is 1. The van der Waals surface area contributed by atoms with E-state index in [-0.39, 0.29) is 17.9 Å². The first-order valence-electron chi connectivity index (χ1n) is 8.17. The molecule has 10 heteroatoms. The summed E-state index contributed by atoms with van der Waals surface area (Å²) in [7, 11) is -3.84. The molecule has 0 atom stereocenters. The summed E-state index contributed by atoms with van der Waals surface area (Å²) in [5, 5.41) is 11.8. The molecule has 0 saturated heterocycles. The fourth-order valence-electron chi connectivity index (χ4n) is 2.50. The number of aromatic hydroxyl groups is 1. The second-order valence-corrected chi connectivity index (χ2v) is 7.93. The van der Waals surface area contributed by atoms with Crippen LogP contribution >= 0.6 is 0 Å². The van der Waals surface area contributed by atoms with Crippen molar-refractivity contribution in [3.63, 3.8) is 0 Å². The van der Waals surface area contributed by atoms with E-state index in [1.165, 1.54) is 6.07 Å². The molecule has 2 rings (SSSR count). The van der Waals surface area contributed by atoms with Crippen molar-refractivity contribution in [1.29, 1.82) is 0 Å². The van der Waals surface area contributed by atoms with Gasteiger partial charge in [-0.15, -0.1) is 0 Å². The van der Waals surface area contributed by atoms with Crippen LogP contribution < -0.4 is 10.0 Å². The first-order valence-corrected chi connectivity index (χ1v) is 9.65. The number of hydrogen-bond acceptors (Lipinski definition) is 4. The van der Waals surface area contributed by atoms with Crippen LogP contribution in [0.15, 0.2) is 41.3 Å². The molecule has 0 unspecified atom stereocenters. The van der Waals surface area contributed by atoms with Gasteiger partial charge >= 0.3 is 6.18 Å². The van der Waals surface area contributed by atoms with Crippen LogP contribution in [0.2, 0.25) is 0 Å². The molecule has 152 valence electrons. The molecule has 28 heavy (non-hydrogen) atoms. The number of carbonyl (C=O) groups excluding carboxylic acids is 1. The lowest BCUT2D eigenvalue weighted by Crippen LogP contribution is -2.28. The Hall–Kier alpha value is -2.59. The van der Waals surface area contributed by atoms with E-state index in [1.54, 1.807) is 19.1 Å². The van der Waals surface area contributed by atoms with E-state index in [2.05, 4.69) is 10.0 Å². The minimum absolute atomic E-state index is 0.0778. The Labute approximate surface area is 160 Å². The van der Waals surface area contributed by atoms with Gasteiger partial charge in [-0.3, -0.25) is 4.79 Å². The van der Waals surface area contributed by atoms with Gasteiger partial charge in [0, 0.05) is 13.0 Å². The Bertz CT molecular complexity index is 989. The number of phenolic OH excluding ortho intramolecular Hbond substituents is 1. The maximum atomic E-state index is 12.7. The van der Waals surface area contributed by atoms with E-state index in [0.717, 1.165) is 11.6 Å². The van der Waals surface area contributed by atoms with Gasteiger partial charge in [-0.05, 0) is 43.7 Å². The minimum atomic E-state index is -4.63. The summed E-state index contributed by atoms with van der Waals surface area (Å²) in [4.78, 5) is 12.0. The van der Waals surface area contributed by atoms with Crippen molar-refractivity contribution in [1.82, 2.24) is 4.72 Å². The van der Waals surface area contributed by atoms with Crippen molar-refractivity contribution < 1.29 is 31.5 Å². The van der Waals surface area contributed by atoms with Gasteiger partial charge in [0.25, 0.3) is 0 Å². The third-order valence-electron chi connectivity index (χ3n) is 3.86. The largest absolute Gasteiger partial charge is 0.506 e. The summed E-state index contributed by atoms with van der Waals surface area (Å²) in [6.45, 7) is 3.20. The molecule has 0 aliphatic rings. The average molecular weight is 416 g/mol. The number of aryl methyl sites for hydroxylation is 2. The summed E-state index contributed by atoms with van der Waals surface area (Å²) in [6.07, 6.45) is -4.96. The van der Waals surface area contributed by atoms with E-state index < -0.39 is 39.1 Å². The summed E-state index contributed by atoms with van der Waals surface area (Å²) >= 11 is 0. The standard InChI is InChI=1S/C18H19F3N2O4S/c1-11-3-6-16(12(2)9-11)28(26,27)22-8-7-17(25)23-14-10-13(18(19,20)21)4-5-15(14)24/h3-6,9-10,22,24H,7-8H2,1-2H3,(H,23,25). The Morgan fingerprint density at radius 3 is 2.39 bits per heavy atom. The molecule has 6 nitrogen and oxygen atoms in total. The lowest BCUT2D eigenvalue weighted by molar-refractivity contribution is -0.137. The molecular formula is C18H19F3N2O4S. The van der Waals surface area contributed by atoms with Crippen LogP contribution in [0.4, 0.5) is 18.9 Å². The lowest BCUT2D eigenvalue weighted by atomic mass is 10.1. The number of alkyl halides is 3. The minimum Gasteiger partial charge on any atom is -0.506 e. The van der Waals surface area contributed by atoms with Gasteiger partial charge in [0.05, 0.1) is 16.1 Å². The first-order chi connectivity index (χ1) is 12.9. The summed E-state index contributed by atoms with van der Waals surface area (Å²) in [5.41, 5.74) is 0.00997. The van der Waals surface area contributed by atoms with E-state index in [0.29, 0.717) is 17.7 Å². The number of rotatable bonds is 6. The van der Waals surface area contributed by atoms with Crippen molar-refractivity contribution in [2.24, 2.45) is 0 Å². The highest BCUT2D eigenvalue weighted by Gasteiger charge is 2.31. The highest BCUT2D eigenvalue weighted by atomic mass is 32.2. The molecule has 2 aromatic carbocycles. The Kier molecular flexibility index (Phi) is 6.35. The van der Waals surface area contributed by atoms with Crippen LogP contribution in [0, 0.1) is 13.8 Å². The maximum Gasteiger partial charge on any atom is 0.416 e. The Balaban J connectivity index is 2.00. The number of anilines is 1. The zero-order valence-corrected chi connectivity index (χ0v) is 15.9. The zero-order valence-electron chi connectivity index (χ0n) is 15.1. The third-order valence-corrected chi connectivity index (χ3v) is 5.48. The van der Waals surface area contributed by atoms with Crippen molar-refractivity contribution >= 4 is 21.6 Å². The van der Waals surface area contributed by atoms with Crippen LogP contribution in [0.25, 0.3) is 0 Å². The van der Waals surface area contributed by atoms with Gasteiger partial charge in [-0.25, -0.2) is 13.1 Å². The maximum absolute atomic E-state index is 12.7. The molecular weight excluding hydrogens is 397 g/mol. The normalized spacial score (nSPS) is 12.0. The van der Waals surface area contributed by atoms with Crippen LogP contribution in [0.3, 0.4) is 0 Å². The van der Waals surface area contributed by atoms with Crippen LogP contribution in [-0.2, 0) is 21.0 Å². The van der Waals surface area contributed by atoms with Gasteiger partial charge < -0.3 is 10.4 Å². The number of benzene rings is 2. The number of carbonyl (C=O) groups is 1. The van der Waals surface area contributed by atoms with E-state index in [9.17, 15) is 31.5 Å². The van der Waals surface area contributed by atoms with Gasteiger partial charge in [0.2, 0.25) is 15.9 Å². The fourth-order valence-corrected chi connectivity index (χ4v) is 3.76. The SMILES string of the molecule is Cc1ccc(S(=O)(=O)NCCC(=O)Nc2cc(C(F)(F)F)ccc2O)c(C)c1. The fraction of sp³-hybridized carbons (Fsp3) is 0.278. The van der Waals surface area contributed by atoms with Crippen molar-refractivity contribution in [3.05, 3.63) is 53.1 Å². The third kappa shape index (κ3) is 5.46. The van der Waals surface area contributed by atoms with E-state index in [1.807, 2.05) is 6.92 Å². The van der Waals surface area contributed by atoms with Gasteiger partial charge in [-0.2, -0.15) is 13.2 Å². The zero-order chi connectivity index (χ0) is 21.1. The van der Waals surface area contributed by atoms with Crippen molar-refractivity contribution in [3.8, 4) is 5.75 Å². The molecule has 0 saturated carbocycles. The second-order valence-electron chi connectivity index (χ2n) is 6.19. The van der Waals surface area contributed by atoms with Gasteiger partial charge in [0.1, 0.15) is 5.75 Å². The molecule has 2 aromatic rings. The molecule has 0 fully saturated rings. The van der Waals surface area contributed by atoms with Crippen molar-refractivity contribution in [2.75, 3.05) is 11.9 Å². The molecule has 0 aromatic heterocycles. The molecule has 0 spiro atoms. The summed E-state index contributed by atoms with van der Waals surface area (Å²) in [5.74, 6) is -1.28. The smallest absolute Gasteiger partial charge is 0.416 e. The number of amides is 1. The van der Waals surface area contributed by atoms with E-state index in [4.69, 9.17) is 0 Å². The van der Waals surface area contributed by atoms with Crippen LogP contribution in [0.1, 0.15) is 23.1 Å². The summed E-state index contributed by atoms with van der Waals surface area (Å²) in [6, 6.07) is 6.91. The Morgan fingerprint density at radius 1 is 1.11 bits per heavy atom. The average Bonchev–Trinajstić information content (AvgIpc) is 2.55. The monoisotopic (exact) mass is 416 g/mol. The number of phenols is 1. The quantitative estimate of drug-likeness (QED) is 0.630. The number of nitrogens with one attached hydrogen (secondary N) is 2. The molecule has 0 bridgehead atoms. The molecule has 0 radical (unpaired) electrons. The predicted molar refractivity (Wildman–Crippen MR) is 97.5 cm³/mol. The van der Waals surface area contributed by atoms with Crippen molar-refractivity contribution in [2.45, 2.75) is 31.3 Å². The second kappa shape index (κ2) is 8.19. The molecule has 0 aliphatic carbocycles. The van der Waals surface area contributed by atoms with Gasteiger partial charge in [-0.1, -0.05) is 17.7 Å². The van der Waals surface area contributed by atoms with Crippen LogP contribution in [0.5, 0.6) is 5.75 Å². The highest BCUT2D eigenvalue weighted by molar-refractivity contribution is 7.89. The molecule has 0 aliphatic heterocycles. The lowest BCUT2D eigenvalue weighted by Gasteiger charge is -2.12.